The largest absolute Gasteiger partial charge is 0.147 e. The van der Waals surface area contributed by atoms with Crippen molar-refractivity contribution in [3.63, 3.8) is 0 Å². The van der Waals surface area contributed by atoms with Crippen LogP contribution in [-0.4, -0.2) is 0 Å². The van der Waals surface area contributed by atoms with Crippen LogP contribution in [0.1, 0.15) is 34.1 Å². The SMILES string of the molecule is CC1=C(C)C[C]([Zr][C]2=C(C)C=CC2C)=C1.Cl.Cl. The van der Waals surface area contributed by atoms with Gasteiger partial charge in [-0.15, -0.1) is 24.8 Å². The number of allylic oxidation sites excluding steroid dienone is 8. The fourth-order valence-electron chi connectivity index (χ4n) is 2.16. The van der Waals surface area contributed by atoms with Gasteiger partial charge in [-0.3, -0.25) is 0 Å². The first kappa shape index (κ1) is 17.4. The first-order chi connectivity index (χ1) is 7.08. The summed E-state index contributed by atoms with van der Waals surface area (Å²) in [6.45, 7) is 9.14. The van der Waals surface area contributed by atoms with Crippen molar-refractivity contribution in [2.24, 2.45) is 5.92 Å². The molecule has 0 nitrogen and oxygen atoms in total. The molecule has 3 heteroatoms. The molecule has 2 rings (SSSR count). The summed E-state index contributed by atoms with van der Waals surface area (Å²) in [5, 5.41) is 0. The third kappa shape index (κ3) is 3.95. The van der Waals surface area contributed by atoms with Gasteiger partial charge in [0.2, 0.25) is 0 Å². The van der Waals surface area contributed by atoms with Gasteiger partial charge in [0.15, 0.2) is 0 Å². The summed E-state index contributed by atoms with van der Waals surface area (Å²) in [6.07, 6.45) is 8.38. The Bertz CT molecular complexity index is 414. The van der Waals surface area contributed by atoms with Crippen molar-refractivity contribution in [2.75, 3.05) is 0 Å². The summed E-state index contributed by atoms with van der Waals surface area (Å²) >= 11 is -0.456. The van der Waals surface area contributed by atoms with Crippen LogP contribution in [0, 0.1) is 5.92 Å². The summed E-state index contributed by atoms with van der Waals surface area (Å²) in [4.78, 5) is 0. The van der Waals surface area contributed by atoms with Crippen LogP contribution in [-0.2, 0) is 23.2 Å². The van der Waals surface area contributed by atoms with Crippen molar-refractivity contribution < 1.29 is 23.2 Å². The van der Waals surface area contributed by atoms with Gasteiger partial charge in [-0.1, -0.05) is 0 Å². The van der Waals surface area contributed by atoms with Crippen LogP contribution >= 0.6 is 24.8 Å². The van der Waals surface area contributed by atoms with Crippen LogP contribution in [0.2, 0.25) is 0 Å². The average Bonchev–Trinajstić information content (AvgIpc) is 2.64. The van der Waals surface area contributed by atoms with Crippen LogP contribution in [0.4, 0.5) is 0 Å². The normalized spacial score (nSPS) is 22.4. The van der Waals surface area contributed by atoms with Gasteiger partial charge >= 0.3 is 105 Å². The maximum Gasteiger partial charge on any atom is -0.147 e. The summed E-state index contributed by atoms with van der Waals surface area (Å²) in [5.74, 6) is 0.721. The van der Waals surface area contributed by atoms with E-state index in [0.717, 1.165) is 5.92 Å². The topological polar surface area (TPSA) is 0 Å². The minimum Gasteiger partial charge on any atom is -0.147 e. The predicted octanol–water partition coefficient (Wildman–Crippen LogP) is 5.02. The van der Waals surface area contributed by atoms with E-state index in [1.807, 2.05) is 0 Å². The van der Waals surface area contributed by atoms with Crippen LogP contribution in [0.15, 0.2) is 41.5 Å². The molecule has 2 aliphatic carbocycles. The molecule has 94 valence electrons. The van der Waals surface area contributed by atoms with Gasteiger partial charge in [0.05, 0.1) is 0 Å². The Hall–Kier alpha value is 0.423. The van der Waals surface area contributed by atoms with Crippen LogP contribution in [0.25, 0.3) is 0 Å². The smallest absolute Gasteiger partial charge is 0.147 e. The van der Waals surface area contributed by atoms with Gasteiger partial charge in [-0.05, 0) is 0 Å². The summed E-state index contributed by atoms with van der Waals surface area (Å²) in [7, 11) is 0. The van der Waals surface area contributed by atoms with Crippen molar-refractivity contribution in [2.45, 2.75) is 34.1 Å². The second-order valence-corrected chi connectivity index (χ2v) is 8.20. The standard InChI is InChI=1S/2C7H9.2ClH.Zr/c1-6-3-4-7(2)5-6;1-6-4-3-5-7(6)2;;;/h3-4,6H,1-2H3;4H,5H2,1-2H3;2*1H;. The molecule has 0 saturated heterocycles. The fourth-order valence-corrected chi connectivity index (χ4v) is 6.07. The number of halogens is 2. The van der Waals surface area contributed by atoms with Crippen molar-refractivity contribution in [1.29, 1.82) is 0 Å². The first-order valence-corrected chi connectivity index (χ1v) is 8.06. The molecule has 0 aromatic carbocycles. The molecule has 0 amide bonds. The van der Waals surface area contributed by atoms with Gasteiger partial charge in [-0.25, -0.2) is 0 Å². The maximum atomic E-state index is 2.45. The summed E-state index contributed by atoms with van der Waals surface area (Å²) < 4.78 is 3.55. The summed E-state index contributed by atoms with van der Waals surface area (Å²) in [5.41, 5.74) is 4.66. The van der Waals surface area contributed by atoms with E-state index >= 15 is 0 Å². The molecular weight excluding hydrogens is 330 g/mol. The predicted molar refractivity (Wildman–Crippen MR) is 76.6 cm³/mol. The molecule has 1 atom stereocenters. The molecular formula is C14H20Cl2Zr. The molecule has 0 radical (unpaired) electrons. The van der Waals surface area contributed by atoms with Crippen LogP contribution in [0.5, 0.6) is 0 Å². The molecule has 0 spiro atoms. The number of hydrogen-bond acceptors (Lipinski definition) is 0. The third-order valence-corrected chi connectivity index (χ3v) is 7.66. The van der Waals surface area contributed by atoms with E-state index in [1.165, 1.54) is 12.0 Å². The van der Waals surface area contributed by atoms with Crippen molar-refractivity contribution in [1.82, 2.24) is 0 Å². The minimum absolute atomic E-state index is 0. The molecule has 2 aliphatic rings. The van der Waals surface area contributed by atoms with Crippen LogP contribution < -0.4 is 0 Å². The molecule has 0 aliphatic heterocycles. The van der Waals surface area contributed by atoms with Crippen molar-refractivity contribution in [3.8, 4) is 0 Å². The Morgan fingerprint density at radius 2 is 1.76 bits per heavy atom. The Labute approximate surface area is 129 Å². The Morgan fingerprint density at radius 1 is 1.12 bits per heavy atom. The van der Waals surface area contributed by atoms with Crippen LogP contribution in [0.3, 0.4) is 0 Å². The Balaban J connectivity index is 0.00000128. The molecule has 17 heavy (non-hydrogen) atoms. The van der Waals surface area contributed by atoms with Gasteiger partial charge < -0.3 is 0 Å². The van der Waals surface area contributed by atoms with E-state index in [9.17, 15) is 0 Å². The third-order valence-electron chi connectivity index (χ3n) is 3.33. The molecule has 0 fully saturated rings. The Morgan fingerprint density at radius 3 is 2.18 bits per heavy atom. The zero-order valence-corrected chi connectivity index (χ0v) is 14.9. The minimum atomic E-state index is -0.456. The van der Waals surface area contributed by atoms with E-state index in [2.05, 4.69) is 45.9 Å². The monoisotopic (exact) mass is 348 g/mol. The number of rotatable bonds is 2. The zero-order valence-electron chi connectivity index (χ0n) is 10.8. The molecule has 0 aromatic rings. The average molecular weight is 350 g/mol. The fraction of sp³-hybridized carbons (Fsp3) is 0.429. The van der Waals surface area contributed by atoms with Gasteiger partial charge in [0, 0.05) is 0 Å². The second kappa shape index (κ2) is 7.12. The number of hydrogen-bond donors (Lipinski definition) is 0. The first-order valence-electron chi connectivity index (χ1n) is 5.61. The molecule has 0 aromatic heterocycles. The van der Waals surface area contributed by atoms with Gasteiger partial charge in [0.1, 0.15) is 0 Å². The molecule has 0 heterocycles. The van der Waals surface area contributed by atoms with E-state index < -0.39 is 23.2 Å². The molecule has 0 N–H and O–H groups in total. The maximum absolute atomic E-state index is 2.45. The zero-order chi connectivity index (χ0) is 11.0. The molecule has 1 unspecified atom stereocenters. The summed E-state index contributed by atoms with van der Waals surface area (Å²) in [6, 6.07) is 0. The molecule has 0 saturated carbocycles. The van der Waals surface area contributed by atoms with E-state index in [0.29, 0.717) is 0 Å². The molecule has 0 bridgehead atoms. The quantitative estimate of drug-likeness (QED) is 0.656. The van der Waals surface area contributed by atoms with E-state index in [4.69, 9.17) is 0 Å². The van der Waals surface area contributed by atoms with E-state index in [1.54, 1.807) is 17.7 Å². The second-order valence-electron chi connectivity index (χ2n) is 4.68. The van der Waals surface area contributed by atoms with Crippen molar-refractivity contribution >= 4 is 24.8 Å². The van der Waals surface area contributed by atoms with E-state index in [-0.39, 0.29) is 24.8 Å². The Kier molecular flexibility index (Phi) is 7.30. The van der Waals surface area contributed by atoms with Gasteiger partial charge in [-0.2, -0.15) is 0 Å². The van der Waals surface area contributed by atoms with Gasteiger partial charge in [0.25, 0.3) is 0 Å². The van der Waals surface area contributed by atoms with Crippen molar-refractivity contribution in [3.05, 3.63) is 41.5 Å².